The minimum absolute atomic E-state index is 0.103. The molecule has 2 amide bonds. The summed E-state index contributed by atoms with van der Waals surface area (Å²) in [6.07, 6.45) is 3.17. The molecule has 0 bridgehead atoms. The summed E-state index contributed by atoms with van der Waals surface area (Å²) < 4.78 is 0. The van der Waals surface area contributed by atoms with E-state index in [1.807, 2.05) is 12.1 Å². The summed E-state index contributed by atoms with van der Waals surface area (Å²) in [4.78, 5) is 26.3. The van der Waals surface area contributed by atoms with Gasteiger partial charge in [0, 0.05) is 19.4 Å². The van der Waals surface area contributed by atoms with Gasteiger partial charge in [-0.05, 0) is 18.6 Å². The largest absolute Gasteiger partial charge is 0.310 e. The van der Waals surface area contributed by atoms with Crippen molar-refractivity contribution in [1.82, 2.24) is 10.2 Å². The number of anilines is 2. The van der Waals surface area contributed by atoms with Gasteiger partial charge >= 0.3 is 0 Å². The minimum atomic E-state index is -0.424. The summed E-state index contributed by atoms with van der Waals surface area (Å²) in [6.45, 7) is 2.43. The smallest absolute Gasteiger partial charge is 0.231 e. The maximum Gasteiger partial charge on any atom is 0.231 e. The SMILES string of the molecule is CCCCc1nnc(NC(=O)[C@@H]2CC(=O)N(c3ccccc3Cl)C2)s1. The quantitative estimate of drug-likeness (QED) is 0.834. The van der Waals surface area contributed by atoms with Crippen LogP contribution in [0.1, 0.15) is 31.2 Å². The summed E-state index contributed by atoms with van der Waals surface area (Å²) >= 11 is 7.55. The standard InChI is InChI=1S/C17H19ClN4O2S/c1-2-3-8-14-20-21-17(25-14)19-16(24)11-9-15(23)22(10-11)13-7-5-4-6-12(13)18/h4-7,11H,2-3,8-10H2,1H3,(H,19,21,24)/t11-/m1/s1. The first-order valence-corrected chi connectivity index (χ1v) is 9.46. The van der Waals surface area contributed by atoms with Crippen LogP contribution < -0.4 is 10.2 Å². The highest BCUT2D eigenvalue weighted by molar-refractivity contribution is 7.15. The first kappa shape index (κ1) is 17.8. The second-order valence-electron chi connectivity index (χ2n) is 5.95. The van der Waals surface area contributed by atoms with Crippen molar-refractivity contribution < 1.29 is 9.59 Å². The molecular weight excluding hydrogens is 360 g/mol. The van der Waals surface area contributed by atoms with Gasteiger partial charge in [-0.15, -0.1) is 10.2 Å². The van der Waals surface area contributed by atoms with Crippen LogP contribution >= 0.6 is 22.9 Å². The number of hydrogen-bond donors (Lipinski definition) is 1. The topological polar surface area (TPSA) is 75.2 Å². The number of nitrogens with zero attached hydrogens (tertiary/aromatic N) is 3. The van der Waals surface area contributed by atoms with Crippen molar-refractivity contribution in [3.63, 3.8) is 0 Å². The molecule has 3 rings (SSSR count). The highest BCUT2D eigenvalue weighted by Gasteiger charge is 2.36. The van der Waals surface area contributed by atoms with E-state index in [9.17, 15) is 9.59 Å². The zero-order valence-corrected chi connectivity index (χ0v) is 15.4. The number of unbranched alkanes of at least 4 members (excludes halogenated alkanes) is 1. The van der Waals surface area contributed by atoms with Crippen LogP contribution in [-0.2, 0) is 16.0 Å². The Morgan fingerprint density at radius 1 is 1.40 bits per heavy atom. The molecule has 8 heteroatoms. The van der Waals surface area contributed by atoms with Crippen molar-refractivity contribution in [3.8, 4) is 0 Å². The molecule has 0 radical (unpaired) electrons. The van der Waals surface area contributed by atoms with Crippen LogP contribution in [0.2, 0.25) is 5.02 Å². The van der Waals surface area contributed by atoms with Crippen LogP contribution in [0.25, 0.3) is 0 Å². The fourth-order valence-corrected chi connectivity index (χ4v) is 3.75. The average Bonchev–Trinajstić information content (AvgIpc) is 3.20. The molecule has 0 spiro atoms. The van der Waals surface area contributed by atoms with E-state index in [1.54, 1.807) is 17.0 Å². The Balaban J connectivity index is 1.63. The number of halogens is 1. The lowest BCUT2D eigenvalue weighted by molar-refractivity contribution is -0.122. The van der Waals surface area contributed by atoms with Crippen LogP contribution in [0.5, 0.6) is 0 Å². The Kier molecular flexibility index (Phi) is 5.65. The zero-order valence-electron chi connectivity index (χ0n) is 13.9. The van der Waals surface area contributed by atoms with Crippen molar-refractivity contribution >= 4 is 45.6 Å². The van der Waals surface area contributed by atoms with E-state index >= 15 is 0 Å². The first-order valence-electron chi connectivity index (χ1n) is 8.26. The number of carbonyl (C=O) groups is 2. The lowest BCUT2D eigenvalue weighted by atomic mass is 10.1. The zero-order chi connectivity index (χ0) is 17.8. The fraction of sp³-hybridized carbons (Fsp3) is 0.412. The molecule has 0 unspecified atom stereocenters. The second-order valence-corrected chi connectivity index (χ2v) is 7.42. The van der Waals surface area contributed by atoms with E-state index in [4.69, 9.17) is 11.6 Å². The number of aromatic nitrogens is 2. The van der Waals surface area contributed by atoms with Gasteiger partial charge in [0.15, 0.2) is 0 Å². The highest BCUT2D eigenvalue weighted by Crippen LogP contribution is 2.31. The van der Waals surface area contributed by atoms with E-state index in [0.29, 0.717) is 22.4 Å². The van der Waals surface area contributed by atoms with Gasteiger partial charge in [0.05, 0.1) is 16.6 Å². The molecule has 25 heavy (non-hydrogen) atoms. The van der Waals surface area contributed by atoms with Gasteiger partial charge in [-0.2, -0.15) is 0 Å². The monoisotopic (exact) mass is 378 g/mol. The van der Waals surface area contributed by atoms with Crippen molar-refractivity contribution in [3.05, 3.63) is 34.3 Å². The molecule has 1 aliphatic rings. The number of nitrogens with one attached hydrogen (secondary N) is 1. The van der Waals surface area contributed by atoms with E-state index < -0.39 is 5.92 Å². The third-order valence-corrected chi connectivity index (χ3v) is 5.30. The van der Waals surface area contributed by atoms with Crippen LogP contribution in [0.3, 0.4) is 0 Å². The summed E-state index contributed by atoms with van der Waals surface area (Å²) in [7, 11) is 0. The Labute approximate surface area is 155 Å². The van der Waals surface area contributed by atoms with Crippen LogP contribution in [0.15, 0.2) is 24.3 Å². The minimum Gasteiger partial charge on any atom is -0.310 e. The first-order chi connectivity index (χ1) is 12.1. The molecule has 1 fully saturated rings. The number of amides is 2. The van der Waals surface area contributed by atoms with E-state index in [2.05, 4.69) is 22.4 Å². The van der Waals surface area contributed by atoms with Crippen LogP contribution in [-0.4, -0.2) is 28.6 Å². The number of aryl methyl sites for hydroxylation is 1. The highest BCUT2D eigenvalue weighted by atomic mass is 35.5. The van der Waals surface area contributed by atoms with Crippen molar-refractivity contribution in [2.75, 3.05) is 16.8 Å². The Morgan fingerprint density at radius 2 is 2.20 bits per heavy atom. The molecule has 1 N–H and O–H groups in total. The Morgan fingerprint density at radius 3 is 2.96 bits per heavy atom. The average molecular weight is 379 g/mol. The molecule has 1 aromatic carbocycles. The molecule has 1 aliphatic heterocycles. The van der Waals surface area contributed by atoms with Gasteiger partial charge in [-0.25, -0.2) is 0 Å². The van der Waals surface area contributed by atoms with Gasteiger partial charge in [0.1, 0.15) is 5.01 Å². The summed E-state index contributed by atoms with van der Waals surface area (Å²) in [5.41, 5.74) is 0.641. The predicted molar refractivity (Wildman–Crippen MR) is 99.1 cm³/mol. The molecule has 6 nitrogen and oxygen atoms in total. The lowest BCUT2D eigenvalue weighted by Gasteiger charge is -2.17. The third-order valence-electron chi connectivity index (χ3n) is 4.08. The summed E-state index contributed by atoms with van der Waals surface area (Å²) in [5, 5.41) is 12.8. The fourth-order valence-electron chi connectivity index (χ4n) is 2.73. The molecule has 1 aromatic heterocycles. The Bertz CT molecular complexity index is 780. The number of carbonyl (C=O) groups excluding carboxylic acids is 2. The van der Waals surface area contributed by atoms with Gasteiger partial charge in [0.25, 0.3) is 0 Å². The lowest BCUT2D eigenvalue weighted by Crippen LogP contribution is -2.28. The molecule has 2 heterocycles. The number of para-hydroxylation sites is 1. The van der Waals surface area contributed by atoms with Crippen LogP contribution in [0.4, 0.5) is 10.8 Å². The third kappa shape index (κ3) is 4.16. The van der Waals surface area contributed by atoms with Crippen LogP contribution in [0, 0.1) is 5.92 Å². The predicted octanol–water partition coefficient (Wildman–Crippen LogP) is 3.53. The maximum absolute atomic E-state index is 12.5. The molecule has 132 valence electrons. The van der Waals surface area contributed by atoms with E-state index in [1.165, 1.54) is 11.3 Å². The molecule has 1 atom stereocenters. The molecule has 0 saturated carbocycles. The van der Waals surface area contributed by atoms with Gasteiger partial charge in [-0.1, -0.05) is 48.4 Å². The molecule has 1 saturated heterocycles. The van der Waals surface area contributed by atoms with Crippen molar-refractivity contribution in [1.29, 1.82) is 0 Å². The summed E-state index contributed by atoms with van der Waals surface area (Å²) in [5.74, 6) is -0.734. The van der Waals surface area contributed by atoms with E-state index in [-0.39, 0.29) is 18.2 Å². The van der Waals surface area contributed by atoms with E-state index in [0.717, 1.165) is 24.3 Å². The number of benzene rings is 1. The normalized spacial score (nSPS) is 17.1. The van der Waals surface area contributed by atoms with Gasteiger partial charge in [-0.3, -0.25) is 9.59 Å². The number of rotatable bonds is 6. The maximum atomic E-state index is 12.5. The van der Waals surface area contributed by atoms with Crippen molar-refractivity contribution in [2.24, 2.45) is 5.92 Å². The second kappa shape index (κ2) is 7.93. The van der Waals surface area contributed by atoms with Crippen molar-refractivity contribution in [2.45, 2.75) is 32.6 Å². The Hall–Kier alpha value is -1.99. The molecule has 0 aliphatic carbocycles. The summed E-state index contributed by atoms with van der Waals surface area (Å²) in [6, 6.07) is 7.14. The molecule has 2 aromatic rings. The number of hydrogen-bond acceptors (Lipinski definition) is 5. The van der Waals surface area contributed by atoms with Gasteiger partial charge in [0.2, 0.25) is 16.9 Å². The van der Waals surface area contributed by atoms with Gasteiger partial charge < -0.3 is 10.2 Å². The molecular formula is C17H19ClN4O2S.